The van der Waals surface area contributed by atoms with Crippen molar-refractivity contribution >= 4 is 0 Å². The quantitative estimate of drug-likeness (QED) is 0.682. The first-order valence-electron chi connectivity index (χ1n) is 5.57. The van der Waals surface area contributed by atoms with Crippen LogP contribution in [0.3, 0.4) is 0 Å². The molecule has 0 aromatic rings. The zero-order valence-electron chi connectivity index (χ0n) is 8.60. The van der Waals surface area contributed by atoms with Gasteiger partial charge in [-0.3, -0.25) is 0 Å². The molecule has 0 aliphatic carbocycles. The zero-order chi connectivity index (χ0) is 8.81. The van der Waals surface area contributed by atoms with Gasteiger partial charge >= 0.3 is 0 Å². The van der Waals surface area contributed by atoms with Gasteiger partial charge in [-0.25, -0.2) is 0 Å². The van der Waals surface area contributed by atoms with Crippen molar-refractivity contribution in [2.45, 2.75) is 46.0 Å². The zero-order valence-corrected chi connectivity index (χ0v) is 8.60. The van der Waals surface area contributed by atoms with Crippen LogP contribution in [0.15, 0.2) is 0 Å². The summed E-state index contributed by atoms with van der Waals surface area (Å²) in [4.78, 5) is 0. The lowest BCUT2D eigenvalue weighted by Crippen LogP contribution is -2.30. The first-order chi connectivity index (χ1) is 5.86. The summed E-state index contributed by atoms with van der Waals surface area (Å²) in [6, 6.07) is 0. The van der Waals surface area contributed by atoms with Gasteiger partial charge in [0, 0.05) is 0 Å². The molecule has 1 atom stereocenters. The largest absolute Gasteiger partial charge is 0.316 e. The molecule has 1 heterocycles. The van der Waals surface area contributed by atoms with Crippen LogP contribution < -0.4 is 5.32 Å². The molecule has 1 fully saturated rings. The van der Waals surface area contributed by atoms with E-state index in [0.29, 0.717) is 0 Å². The van der Waals surface area contributed by atoms with Crippen LogP contribution in [-0.4, -0.2) is 13.1 Å². The molecule has 0 amide bonds. The monoisotopic (exact) mass is 169 g/mol. The summed E-state index contributed by atoms with van der Waals surface area (Å²) in [5, 5.41) is 3.49. The van der Waals surface area contributed by atoms with Gasteiger partial charge < -0.3 is 5.32 Å². The van der Waals surface area contributed by atoms with Crippen LogP contribution >= 0.6 is 0 Å². The van der Waals surface area contributed by atoms with Gasteiger partial charge in [-0.15, -0.1) is 0 Å². The summed E-state index contributed by atoms with van der Waals surface area (Å²) in [5.41, 5.74) is 0. The van der Waals surface area contributed by atoms with Crippen LogP contribution in [0.2, 0.25) is 0 Å². The normalized spacial score (nSPS) is 24.8. The smallest absolute Gasteiger partial charge is 0.00204 e. The third-order valence-corrected chi connectivity index (χ3v) is 3.22. The van der Waals surface area contributed by atoms with Crippen molar-refractivity contribution in [3.63, 3.8) is 0 Å². The minimum atomic E-state index is 0.976. The van der Waals surface area contributed by atoms with E-state index in [4.69, 9.17) is 0 Å². The summed E-state index contributed by atoms with van der Waals surface area (Å²) in [5.74, 6) is 1.96. The molecule has 1 aliphatic heterocycles. The molecular weight excluding hydrogens is 146 g/mol. The molecular formula is C11H23N. The van der Waals surface area contributed by atoms with Crippen LogP contribution in [0.5, 0.6) is 0 Å². The minimum Gasteiger partial charge on any atom is -0.316 e. The Morgan fingerprint density at radius 3 is 2.58 bits per heavy atom. The maximum atomic E-state index is 3.49. The Morgan fingerprint density at radius 1 is 1.33 bits per heavy atom. The molecule has 1 nitrogen and oxygen atoms in total. The summed E-state index contributed by atoms with van der Waals surface area (Å²) in [6.07, 6.45) is 7.05. The molecule has 0 aromatic heterocycles. The molecule has 0 aromatic carbocycles. The molecule has 0 saturated carbocycles. The molecule has 0 unspecified atom stereocenters. The van der Waals surface area contributed by atoms with Gasteiger partial charge in [0.15, 0.2) is 0 Å². The van der Waals surface area contributed by atoms with Crippen LogP contribution in [0.25, 0.3) is 0 Å². The standard InChI is InChI=1S/C11H23N/c1-3-10(4-2)8-11-6-5-7-12-9-11/h10-12H,3-9H2,1-2H3/t11-/m0/s1. The maximum Gasteiger partial charge on any atom is -0.00204 e. The van der Waals surface area contributed by atoms with Crippen molar-refractivity contribution in [1.29, 1.82) is 0 Å². The predicted molar refractivity (Wildman–Crippen MR) is 54.3 cm³/mol. The van der Waals surface area contributed by atoms with Crippen LogP contribution in [-0.2, 0) is 0 Å². The van der Waals surface area contributed by atoms with E-state index >= 15 is 0 Å². The number of hydrogen-bond donors (Lipinski definition) is 1. The van der Waals surface area contributed by atoms with Crippen molar-refractivity contribution in [2.24, 2.45) is 11.8 Å². The fourth-order valence-electron chi connectivity index (χ4n) is 2.22. The summed E-state index contributed by atoms with van der Waals surface area (Å²) >= 11 is 0. The van der Waals surface area contributed by atoms with E-state index in [1.165, 1.54) is 45.2 Å². The first-order valence-corrected chi connectivity index (χ1v) is 5.57. The summed E-state index contributed by atoms with van der Waals surface area (Å²) < 4.78 is 0. The Morgan fingerprint density at radius 2 is 2.08 bits per heavy atom. The fraction of sp³-hybridized carbons (Fsp3) is 1.00. The van der Waals surface area contributed by atoms with E-state index in [1.807, 2.05) is 0 Å². The molecule has 0 spiro atoms. The molecule has 1 rings (SSSR count). The first kappa shape index (κ1) is 10.0. The van der Waals surface area contributed by atoms with Gasteiger partial charge in [0.1, 0.15) is 0 Å². The molecule has 0 radical (unpaired) electrons. The van der Waals surface area contributed by atoms with Crippen LogP contribution in [0, 0.1) is 11.8 Å². The minimum absolute atomic E-state index is 0.976. The van der Waals surface area contributed by atoms with Crippen molar-refractivity contribution in [3.05, 3.63) is 0 Å². The second kappa shape index (κ2) is 5.58. The number of piperidine rings is 1. The van der Waals surface area contributed by atoms with E-state index in [0.717, 1.165) is 11.8 Å². The Hall–Kier alpha value is -0.0400. The van der Waals surface area contributed by atoms with E-state index in [2.05, 4.69) is 19.2 Å². The van der Waals surface area contributed by atoms with Crippen molar-refractivity contribution in [2.75, 3.05) is 13.1 Å². The van der Waals surface area contributed by atoms with E-state index in [-0.39, 0.29) is 0 Å². The summed E-state index contributed by atoms with van der Waals surface area (Å²) in [7, 11) is 0. The van der Waals surface area contributed by atoms with E-state index in [1.54, 1.807) is 0 Å². The lowest BCUT2D eigenvalue weighted by Gasteiger charge is -2.26. The molecule has 0 bridgehead atoms. The van der Waals surface area contributed by atoms with Gasteiger partial charge in [0.25, 0.3) is 0 Å². The Labute approximate surface area is 76.9 Å². The van der Waals surface area contributed by atoms with Gasteiger partial charge in [-0.2, -0.15) is 0 Å². The van der Waals surface area contributed by atoms with Gasteiger partial charge in [0.05, 0.1) is 0 Å². The molecule has 1 aliphatic rings. The average molecular weight is 169 g/mol. The van der Waals surface area contributed by atoms with Gasteiger partial charge in [0.2, 0.25) is 0 Å². The highest BCUT2D eigenvalue weighted by atomic mass is 14.9. The highest BCUT2D eigenvalue weighted by Crippen LogP contribution is 2.23. The number of rotatable bonds is 4. The van der Waals surface area contributed by atoms with E-state index < -0.39 is 0 Å². The van der Waals surface area contributed by atoms with Crippen molar-refractivity contribution in [3.8, 4) is 0 Å². The van der Waals surface area contributed by atoms with Crippen molar-refractivity contribution in [1.82, 2.24) is 5.32 Å². The average Bonchev–Trinajstić information content (AvgIpc) is 2.16. The van der Waals surface area contributed by atoms with Gasteiger partial charge in [-0.05, 0) is 44.2 Å². The number of hydrogen-bond acceptors (Lipinski definition) is 1. The topological polar surface area (TPSA) is 12.0 Å². The lowest BCUT2D eigenvalue weighted by molar-refractivity contribution is 0.293. The highest BCUT2D eigenvalue weighted by Gasteiger charge is 2.16. The molecule has 72 valence electrons. The maximum absolute atomic E-state index is 3.49. The van der Waals surface area contributed by atoms with Crippen molar-refractivity contribution < 1.29 is 0 Å². The highest BCUT2D eigenvalue weighted by molar-refractivity contribution is 4.71. The molecule has 1 saturated heterocycles. The lowest BCUT2D eigenvalue weighted by atomic mass is 9.86. The Kier molecular flexibility index (Phi) is 4.67. The Bertz CT molecular complexity index is 102. The van der Waals surface area contributed by atoms with Crippen LogP contribution in [0.4, 0.5) is 0 Å². The summed E-state index contributed by atoms with van der Waals surface area (Å²) in [6.45, 7) is 7.17. The molecule has 1 N–H and O–H groups in total. The fourth-order valence-corrected chi connectivity index (χ4v) is 2.22. The SMILES string of the molecule is CCC(CC)C[C@@H]1CCCNC1. The second-order valence-electron chi connectivity index (χ2n) is 4.13. The molecule has 1 heteroatoms. The number of nitrogens with one attached hydrogen (secondary N) is 1. The predicted octanol–water partition coefficient (Wildman–Crippen LogP) is 2.81. The third kappa shape index (κ3) is 3.14. The molecule has 12 heavy (non-hydrogen) atoms. The Balaban J connectivity index is 2.18. The van der Waals surface area contributed by atoms with Gasteiger partial charge in [-0.1, -0.05) is 26.7 Å². The second-order valence-corrected chi connectivity index (χ2v) is 4.13. The van der Waals surface area contributed by atoms with Crippen LogP contribution in [0.1, 0.15) is 46.0 Å². The third-order valence-electron chi connectivity index (χ3n) is 3.22. The van der Waals surface area contributed by atoms with E-state index in [9.17, 15) is 0 Å².